The molecule has 1 fully saturated rings. The SMILES string of the molecule is CNc1nc(NCC2(CCOC)CC2)c2cc(C)sc2n1. The van der Waals surface area contributed by atoms with Gasteiger partial charge in [-0.05, 0) is 37.7 Å². The van der Waals surface area contributed by atoms with Crippen LogP contribution in [-0.2, 0) is 4.74 Å². The maximum absolute atomic E-state index is 5.22. The molecule has 21 heavy (non-hydrogen) atoms. The number of hydrogen-bond acceptors (Lipinski definition) is 6. The summed E-state index contributed by atoms with van der Waals surface area (Å²) < 4.78 is 5.22. The first kappa shape index (κ1) is 14.5. The Morgan fingerprint density at radius 3 is 2.86 bits per heavy atom. The molecule has 0 spiro atoms. The van der Waals surface area contributed by atoms with Gasteiger partial charge in [0.1, 0.15) is 10.6 Å². The number of anilines is 2. The van der Waals surface area contributed by atoms with Crippen molar-refractivity contribution < 1.29 is 4.74 Å². The van der Waals surface area contributed by atoms with Crippen LogP contribution in [0.25, 0.3) is 10.2 Å². The third kappa shape index (κ3) is 3.11. The lowest BCUT2D eigenvalue weighted by atomic mass is 10.0. The summed E-state index contributed by atoms with van der Waals surface area (Å²) in [5.41, 5.74) is 0.401. The van der Waals surface area contributed by atoms with Crippen molar-refractivity contribution in [2.75, 3.05) is 37.9 Å². The van der Waals surface area contributed by atoms with Crippen LogP contribution in [0.1, 0.15) is 24.1 Å². The molecule has 0 aromatic carbocycles. The van der Waals surface area contributed by atoms with Gasteiger partial charge in [0.15, 0.2) is 0 Å². The zero-order valence-corrected chi connectivity index (χ0v) is 13.6. The van der Waals surface area contributed by atoms with E-state index in [0.29, 0.717) is 11.4 Å². The molecule has 1 aliphatic rings. The molecule has 2 aromatic heterocycles. The van der Waals surface area contributed by atoms with Crippen LogP contribution in [0.5, 0.6) is 0 Å². The molecule has 114 valence electrons. The van der Waals surface area contributed by atoms with E-state index in [1.54, 1.807) is 18.4 Å². The molecule has 0 aliphatic heterocycles. The summed E-state index contributed by atoms with van der Waals surface area (Å²) in [5, 5.41) is 7.71. The Morgan fingerprint density at radius 1 is 1.38 bits per heavy atom. The van der Waals surface area contributed by atoms with Gasteiger partial charge in [0.05, 0.1) is 5.39 Å². The van der Waals surface area contributed by atoms with Crippen molar-refractivity contribution in [3.8, 4) is 0 Å². The number of methoxy groups -OCH3 is 1. The molecule has 2 heterocycles. The minimum atomic E-state index is 0.401. The second-order valence-corrected chi connectivity index (χ2v) is 7.05. The van der Waals surface area contributed by atoms with Crippen molar-refractivity contribution in [3.63, 3.8) is 0 Å². The molecule has 0 amide bonds. The summed E-state index contributed by atoms with van der Waals surface area (Å²) in [5.74, 6) is 1.62. The number of rotatable bonds is 7. The van der Waals surface area contributed by atoms with Gasteiger partial charge in [-0.1, -0.05) is 0 Å². The van der Waals surface area contributed by atoms with E-state index in [9.17, 15) is 0 Å². The van der Waals surface area contributed by atoms with Crippen molar-refractivity contribution in [2.45, 2.75) is 26.2 Å². The Balaban J connectivity index is 1.79. The van der Waals surface area contributed by atoms with E-state index in [2.05, 4.69) is 33.6 Å². The molecule has 6 heteroatoms. The molecule has 1 aliphatic carbocycles. The zero-order chi connectivity index (χ0) is 14.9. The maximum atomic E-state index is 5.22. The summed E-state index contributed by atoms with van der Waals surface area (Å²) in [6, 6.07) is 2.16. The molecule has 0 atom stereocenters. The van der Waals surface area contributed by atoms with Gasteiger partial charge in [-0.25, -0.2) is 4.98 Å². The van der Waals surface area contributed by atoms with Crippen LogP contribution >= 0.6 is 11.3 Å². The quantitative estimate of drug-likeness (QED) is 0.822. The lowest BCUT2D eigenvalue weighted by Gasteiger charge is -2.16. The average molecular weight is 306 g/mol. The molecule has 0 unspecified atom stereocenters. The molecule has 0 saturated heterocycles. The van der Waals surface area contributed by atoms with Gasteiger partial charge in [0.2, 0.25) is 5.95 Å². The highest BCUT2D eigenvalue weighted by Gasteiger charge is 2.41. The van der Waals surface area contributed by atoms with Crippen molar-refractivity contribution in [1.29, 1.82) is 0 Å². The number of aromatic nitrogens is 2. The largest absolute Gasteiger partial charge is 0.385 e. The maximum Gasteiger partial charge on any atom is 0.225 e. The van der Waals surface area contributed by atoms with E-state index in [1.165, 1.54) is 17.7 Å². The summed E-state index contributed by atoms with van der Waals surface area (Å²) in [7, 11) is 3.62. The van der Waals surface area contributed by atoms with Gasteiger partial charge in [-0.15, -0.1) is 11.3 Å². The monoisotopic (exact) mass is 306 g/mol. The van der Waals surface area contributed by atoms with Crippen LogP contribution in [-0.4, -0.2) is 37.3 Å². The standard InChI is InChI=1S/C15H22N4OS/c1-10-8-11-12(18-14(16-2)19-13(11)21-10)17-9-15(4-5-15)6-7-20-3/h8H,4-7,9H2,1-3H3,(H2,16,17,18,19). The first-order chi connectivity index (χ1) is 10.2. The predicted molar refractivity (Wildman–Crippen MR) is 88.3 cm³/mol. The molecule has 0 bridgehead atoms. The van der Waals surface area contributed by atoms with Crippen LogP contribution in [0.2, 0.25) is 0 Å². The number of nitrogens with one attached hydrogen (secondary N) is 2. The van der Waals surface area contributed by atoms with Crippen molar-refractivity contribution in [3.05, 3.63) is 10.9 Å². The smallest absolute Gasteiger partial charge is 0.225 e. The summed E-state index contributed by atoms with van der Waals surface area (Å²) in [4.78, 5) is 11.4. The van der Waals surface area contributed by atoms with E-state index in [-0.39, 0.29) is 0 Å². The molecule has 3 rings (SSSR count). The van der Waals surface area contributed by atoms with E-state index >= 15 is 0 Å². The first-order valence-electron chi connectivity index (χ1n) is 7.34. The molecule has 1 saturated carbocycles. The molecule has 2 N–H and O–H groups in total. The van der Waals surface area contributed by atoms with Crippen molar-refractivity contribution >= 4 is 33.3 Å². The zero-order valence-electron chi connectivity index (χ0n) is 12.8. The number of thiophene rings is 1. The fourth-order valence-corrected chi connectivity index (χ4v) is 3.45. The Bertz CT molecular complexity index is 636. The van der Waals surface area contributed by atoms with Crippen LogP contribution in [0, 0.1) is 12.3 Å². The van der Waals surface area contributed by atoms with Gasteiger partial charge in [0, 0.05) is 32.2 Å². The Morgan fingerprint density at radius 2 is 2.19 bits per heavy atom. The highest BCUT2D eigenvalue weighted by Crippen LogP contribution is 2.48. The van der Waals surface area contributed by atoms with Crippen LogP contribution < -0.4 is 10.6 Å². The average Bonchev–Trinajstić information content (AvgIpc) is 3.15. The summed E-state index contributed by atoms with van der Waals surface area (Å²) in [6.07, 6.45) is 3.67. The van der Waals surface area contributed by atoms with Gasteiger partial charge in [0.25, 0.3) is 0 Å². The lowest BCUT2D eigenvalue weighted by molar-refractivity contribution is 0.175. The van der Waals surface area contributed by atoms with Crippen molar-refractivity contribution in [1.82, 2.24) is 9.97 Å². The third-order valence-electron chi connectivity index (χ3n) is 4.16. The molecule has 0 radical (unpaired) electrons. The molecular formula is C15H22N4OS. The fourth-order valence-electron chi connectivity index (χ4n) is 2.57. The number of ether oxygens (including phenoxy) is 1. The minimum absolute atomic E-state index is 0.401. The minimum Gasteiger partial charge on any atom is -0.385 e. The number of aryl methyl sites for hydroxylation is 1. The van der Waals surface area contributed by atoms with Gasteiger partial charge >= 0.3 is 0 Å². The van der Waals surface area contributed by atoms with Gasteiger partial charge < -0.3 is 15.4 Å². The Hall–Kier alpha value is -1.40. The van der Waals surface area contributed by atoms with Gasteiger partial charge in [-0.3, -0.25) is 0 Å². The van der Waals surface area contributed by atoms with E-state index in [1.807, 2.05) is 7.05 Å². The van der Waals surface area contributed by atoms with Gasteiger partial charge in [-0.2, -0.15) is 4.98 Å². The molecule has 5 nitrogen and oxygen atoms in total. The lowest BCUT2D eigenvalue weighted by Crippen LogP contribution is -2.18. The van der Waals surface area contributed by atoms with Crippen LogP contribution in [0.15, 0.2) is 6.07 Å². The second-order valence-electron chi connectivity index (χ2n) is 5.82. The normalized spacial score (nSPS) is 16.1. The Labute approximate surface area is 129 Å². The fraction of sp³-hybridized carbons (Fsp3) is 0.600. The van der Waals surface area contributed by atoms with Crippen LogP contribution in [0.3, 0.4) is 0 Å². The van der Waals surface area contributed by atoms with E-state index in [4.69, 9.17) is 4.74 Å². The predicted octanol–water partition coefficient (Wildman–Crippen LogP) is 3.27. The van der Waals surface area contributed by atoms with Crippen molar-refractivity contribution in [2.24, 2.45) is 5.41 Å². The molecule has 2 aromatic rings. The topological polar surface area (TPSA) is 59.1 Å². The van der Waals surface area contributed by atoms with E-state index in [0.717, 1.165) is 35.6 Å². The summed E-state index contributed by atoms with van der Waals surface area (Å²) in [6.45, 7) is 3.90. The van der Waals surface area contributed by atoms with Crippen LogP contribution in [0.4, 0.5) is 11.8 Å². The highest BCUT2D eigenvalue weighted by molar-refractivity contribution is 7.18. The molecular weight excluding hydrogens is 284 g/mol. The second kappa shape index (κ2) is 5.77. The Kier molecular flexibility index (Phi) is 3.99. The summed E-state index contributed by atoms with van der Waals surface area (Å²) >= 11 is 1.71. The highest BCUT2D eigenvalue weighted by atomic mass is 32.1. The van der Waals surface area contributed by atoms with E-state index < -0.39 is 0 Å². The number of hydrogen-bond donors (Lipinski definition) is 2. The number of nitrogens with zero attached hydrogens (tertiary/aromatic N) is 2. The first-order valence-corrected chi connectivity index (χ1v) is 8.16. The number of fused-ring (bicyclic) bond motifs is 1. The third-order valence-corrected chi connectivity index (χ3v) is 5.11.